The molecule has 2 amide bonds. The van der Waals surface area contributed by atoms with Crippen LogP contribution in [0.2, 0.25) is 0 Å². The number of hydrogen-bond donors (Lipinski definition) is 2. The Labute approximate surface area is 228 Å². The third-order valence-corrected chi connectivity index (χ3v) is 6.25. The van der Waals surface area contributed by atoms with Crippen molar-refractivity contribution in [2.24, 2.45) is 0 Å². The number of thiocarbonyl (C=S) groups is 1. The quantitative estimate of drug-likeness (QED) is 0.226. The lowest BCUT2D eigenvalue weighted by Gasteiger charge is -2.36. The molecule has 0 aromatic heterocycles. The molecule has 38 heavy (non-hydrogen) atoms. The van der Waals surface area contributed by atoms with Crippen molar-refractivity contribution in [3.05, 3.63) is 60.2 Å². The molecule has 0 saturated carbocycles. The molecule has 2 N–H and O–H groups in total. The molecule has 0 spiro atoms. The second-order valence-corrected chi connectivity index (χ2v) is 9.14. The Morgan fingerprint density at radius 3 is 2.55 bits per heavy atom. The maximum absolute atomic E-state index is 13.0. The van der Waals surface area contributed by atoms with Gasteiger partial charge in [-0.2, -0.15) is 0 Å². The van der Waals surface area contributed by atoms with Crippen molar-refractivity contribution in [2.45, 2.75) is 45.1 Å². The summed E-state index contributed by atoms with van der Waals surface area (Å²) in [4.78, 5) is 39.6. The van der Waals surface area contributed by atoms with Crippen LogP contribution in [-0.2, 0) is 14.3 Å². The number of rotatable bonds is 13. The van der Waals surface area contributed by atoms with Crippen LogP contribution >= 0.6 is 12.2 Å². The van der Waals surface area contributed by atoms with E-state index in [1.54, 1.807) is 41.3 Å². The van der Waals surface area contributed by atoms with Crippen molar-refractivity contribution >= 4 is 35.1 Å². The van der Waals surface area contributed by atoms with Gasteiger partial charge in [0.1, 0.15) is 30.8 Å². The van der Waals surface area contributed by atoms with E-state index in [1.165, 1.54) is 0 Å². The minimum Gasteiger partial charge on any atom is -0.493 e. The van der Waals surface area contributed by atoms with Gasteiger partial charge in [-0.3, -0.25) is 19.7 Å². The molecular weight excluding hydrogens is 506 g/mol. The number of carbonyl (C=O) groups excluding carboxylic acids is 3. The summed E-state index contributed by atoms with van der Waals surface area (Å²) in [7, 11) is 0. The van der Waals surface area contributed by atoms with E-state index in [-0.39, 0.29) is 30.7 Å². The molecular formula is C28H35N3O6S. The van der Waals surface area contributed by atoms with Crippen LogP contribution in [-0.4, -0.2) is 66.7 Å². The van der Waals surface area contributed by atoms with Crippen LogP contribution in [0.1, 0.15) is 49.4 Å². The van der Waals surface area contributed by atoms with Crippen molar-refractivity contribution in [3.8, 4) is 11.5 Å². The van der Waals surface area contributed by atoms with Crippen LogP contribution in [0.3, 0.4) is 0 Å². The number of para-hydroxylation sites is 2. The first kappa shape index (κ1) is 28.9. The van der Waals surface area contributed by atoms with E-state index in [2.05, 4.69) is 17.6 Å². The van der Waals surface area contributed by atoms with Crippen molar-refractivity contribution in [1.82, 2.24) is 15.5 Å². The smallest absolute Gasteiger partial charge is 0.308 e. The zero-order valence-electron chi connectivity index (χ0n) is 21.6. The van der Waals surface area contributed by atoms with Gasteiger partial charge in [0, 0.05) is 13.1 Å². The average Bonchev–Trinajstić information content (AvgIpc) is 2.93. The SMILES string of the molecule is CCCCCCOc1ccccc1C(=O)NC(=S)N1CCNC(=O)C1CC(=O)OCCOc1ccccc1. The molecule has 0 radical (unpaired) electrons. The molecule has 1 atom stereocenters. The van der Waals surface area contributed by atoms with Gasteiger partial charge in [-0.05, 0) is 42.9 Å². The van der Waals surface area contributed by atoms with Gasteiger partial charge >= 0.3 is 5.97 Å². The van der Waals surface area contributed by atoms with Crippen molar-refractivity contribution in [1.29, 1.82) is 0 Å². The van der Waals surface area contributed by atoms with E-state index in [4.69, 9.17) is 26.4 Å². The summed E-state index contributed by atoms with van der Waals surface area (Å²) in [6.07, 6.45) is 4.02. The van der Waals surface area contributed by atoms with Gasteiger partial charge in [0.2, 0.25) is 5.91 Å². The fourth-order valence-electron chi connectivity index (χ4n) is 3.94. The van der Waals surface area contributed by atoms with Crippen molar-refractivity contribution in [2.75, 3.05) is 32.9 Å². The molecule has 2 aromatic rings. The normalized spacial score (nSPS) is 14.8. The Morgan fingerprint density at radius 2 is 1.76 bits per heavy atom. The number of nitrogens with one attached hydrogen (secondary N) is 2. The molecule has 1 fully saturated rings. The molecule has 204 valence electrons. The van der Waals surface area contributed by atoms with Crippen LogP contribution in [0.4, 0.5) is 0 Å². The Bertz CT molecular complexity index is 1080. The van der Waals surface area contributed by atoms with E-state index in [9.17, 15) is 14.4 Å². The molecule has 0 aliphatic carbocycles. The van der Waals surface area contributed by atoms with Crippen LogP contribution in [0.15, 0.2) is 54.6 Å². The summed E-state index contributed by atoms with van der Waals surface area (Å²) in [5.74, 6) is -0.222. The van der Waals surface area contributed by atoms with E-state index in [1.807, 2.05) is 18.2 Å². The van der Waals surface area contributed by atoms with Gasteiger partial charge in [-0.1, -0.05) is 56.5 Å². The van der Waals surface area contributed by atoms with Crippen molar-refractivity contribution in [3.63, 3.8) is 0 Å². The first-order valence-electron chi connectivity index (χ1n) is 12.9. The lowest BCUT2D eigenvalue weighted by atomic mass is 10.1. The van der Waals surface area contributed by atoms with E-state index in [0.29, 0.717) is 36.8 Å². The molecule has 3 rings (SSSR count). The lowest BCUT2D eigenvalue weighted by molar-refractivity contribution is -0.148. The number of hydrogen-bond acceptors (Lipinski definition) is 7. The predicted octanol–water partition coefficient (Wildman–Crippen LogP) is 3.47. The number of esters is 1. The van der Waals surface area contributed by atoms with Crippen LogP contribution in [0, 0.1) is 0 Å². The van der Waals surface area contributed by atoms with Crippen LogP contribution in [0.25, 0.3) is 0 Å². The Balaban J connectivity index is 1.53. The highest BCUT2D eigenvalue weighted by atomic mass is 32.1. The maximum Gasteiger partial charge on any atom is 0.308 e. The van der Waals surface area contributed by atoms with Gasteiger partial charge in [0.25, 0.3) is 5.91 Å². The third-order valence-electron chi connectivity index (χ3n) is 5.92. The maximum atomic E-state index is 13.0. The van der Waals surface area contributed by atoms with E-state index in [0.717, 1.165) is 25.7 Å². The minimum atomic E-state index is -0.899. The summed E-state index contributed by atoms with van der Waals surface area (Å²) in [5, 5.41) is 5.50. The Morgan fingerprint density at radius 1 is 1.00 bits per heavy atom. The average molecular weight is 542 g/mol. The second-order valence-electron chi connectivity index (χ2n) is 8.75. The van der Waals surface area contributed by atoms with Crippen molar-refractivity contribution < 1.29 is 28.6 Å². The fraction of sp³-hybridized carbons (Fsp3) is 0.429. The molecule has 10 heteroatoms. The first-order valence-corrected chi connectivity index (χ1v) is 13.4. The summed E-state index contributed by atoms with van der Waals surface area (Å²) in [6, 6.07) is 15.2. The number of benzene rings is 2. The highest BCUT2D eigenvalue weighted by molar-refractivity contribution is 7.80. The Hall–Kier alpha value is -3.66. The minimum absolute atomic E-state index is 0.0402. The topological polar surface area (TPSA) is 106 Å². The monoisotopic (exact) mass is 541 g/mol. The molecule has 1 aliphatic rings. The molecule has 9 nitrogen and oxygen atoms in total. The molecule has 1 heterocycles. The Kier molecular flexibility index (Phi) is 11.8. The third kappa shape index (κ3) is 9.02. The van der Waals surface area contributed by atoms with Gasteiger partial charge in [0.05, 0.1) is 18.6 Å². The summed E-state index contributed by atoms with van der Waals surface area (Å²) in [6.45, 7) is 3.56. The number of piperazine rings is 1. The second kappa shape index (κ2) is 15.6. The summed E-state index contributed by atoms with van der Waals surface area (Å²) in [5.41, 5.74) is 0.348. The number of ether oxygens (including phenoxy) is 3. The van der Waals surface area contributed by atoms with E-state index >= 15 is 0 Å². The first-order chi connectivity index (χ1) is 18.5. The predicted molar refractivity (Wildman–Crippen MR) is 147 cm³/mol. The molecule has 1 aliphatic heterocycles. The van der Waals surface area contributed by atoms with Gasteiger partial charge < -0.3 is 24.4 Å². The number of unbranched alkanes of at least 4 members (excludes halogenated alkanes) is 3. The lowest BCUT2D eigenvalue weighted by Crippen LogP contribution is -2.60. The molecule has 1 saturated heterocycles. The zero-order chi connectivity index (χ0) is 27.2. The number of nitrogens with zero attached hydrogens (tertiary/aromatic N) is 1. The molecule has 1 unspecified atom stereocenters. The molecule has 0 bridgehead atoms. The number of amides is 2. The van der Waals surface area contributed by atoms with E-state index < -0.39 is 17.9 Å². The number of carbonyl (C=O) groups is 3. The van der Waals surface area contributed by atoms with Gasteiger partial charge in [-0.15, -0.1) is 0 Å². The highest BCUT2D eigenvalue weighted by Crippen LogP contribution is 2.19. The van der Waals surface area contributed by atoms with Crippen LogP contribution in [0.5, 0.6) is 11.5 Å². The van der Waals surface area contributed by atoms with Crippen LogP contribution < -0.4 is 20.1 Å². The van der Waals surface area contributed by atoms with Gasteiger partial charge in [0.15, 0.2) is 5.11 Å². The molecule has 2 aromatic carbocycles. The standard InChI is InChI=1S/C28H35N3O6S/c1-2-3-4-10-17-36-24-14-9-8-13-22(24)26(33)30-28(38)31-16-15-29-27(34)23(31)20-25(32)37-19-18-35-21-11-6-5-7-12-21/h5-9,11-14,23H,2-4,10,15-20H2,1H3,(H,29,34)(H,30,33,38). The largest absolute Gasteiger partial charge is 0.493 e. The van der Waals surface area contributed by atoms with Gasteiger partial charge in [-0.25, -0.2) is 0 Å². The highest BCUT2D eigenvalue weighted by Gasteiger charge is 2.34. The summed E-state index contributed by atoms with van der Waals surface area (Å²) < 4.78 is 16.6. The fourth-order valence-corrected chi connectivity index (χ4v) is 4.25. The zero-order valence-corrected chi connectivity index (χ0v) is 22.5. The summed E-state index contributed by atoms with van der Waals surface area (Å²) >= 11 is 5.47.